The molecule has 0 aromatic carbocycles. The molecule has 0 unspecified atom stereocenters. The van der Waals surface area contributed by atoms with Crippen molar-refractivity contribution in [2.24, 2.45) is 11.7 Å². The third-order valence-corrected chi connectivity index (χ3v) is 2.49. The van der Waals surface area contributed by atoms with Gasteiger partial charge in [-0.1, -0.05) is 6.08 Å². The van der Waals surface area contributed by atoms with Crippen LogP contribution in [0.4, 0.5) is 0 Å². The summed E-state index contributed by atoms with van der Waals surface area (Å²) >= 11 is 0. The highest BCUT2D eigenvalue weighted by atomic mass is 16.5. The zero-order chi connectivity index (χ0) is 12.0. The summed E-state index contributed by atoms with van der Waals surface area (Å²) in [6, 6.07) is -0.279. The van der Waals surface area contributed by atoms with Crippen molar-refractivity contribution in [3.63, 3.8) is 0 Å². The highest BCUT2D eigenvalue weighted by Crippen LogP contribution is 2.15. The molecule has 5 heteroatoms. The lowest BCUT2D eigenvalue weighted by Gasteiger charge is -2.10. The van der Waals surface area contributed by atoms with Crippen LogP contribution in [0.2, 0.25) is 0 Å². The van der Waals surface area contributed by atoms with Crippen molar-refractivity contribution in [2.75, 3.05) is 13.2 Å². The predicted octanol–water partition coefficient (Wildman–Crippen LogP) is -0.0408. The normalized spacial score (nSPS) is 22.1. The van der Waals surface area contributed by atoms with Gasteiger partial charge >= 0.3 is 5.97 Å². The fourth-order valence-electron chi connectivity index (χ4n) is 1.67. The molecule has 1 rings (SSSR count). The first-order valence-corrected chi connectivity index (χ1v) is 5.51. The van der Waals surface area contributed by atoms with E-state index in [1.807, 2.05) is 0 Å². The summed E-state index contributed by atoms with van der Waals surface area (Å²) in [5.41, 5.74) is 5.79. The highest BCUT2D eigenvalue weighted by Gasteiger charge is 2.25. The number of amides is 1. The molecule has 1 aliphatic heterocycles. The van der Waals surface area contributed by atoms with E-state index in [0.29, 0.717) is 13.0 Å². The Hall–Kier alpha value is -1.36. The van der Waals surface area contributed by atoms with Crippen LogP contribution in [0.25, 0.3) is 0 Å². The largest absolute Gasteiger partial charge is 0.463 e. The van der Waals surface area contributed by atoms with Crippen LogP contribution < -0.4 is 11.1 Å². The van der Waals surface area contributed by atoms with Gasteiger partial charge in [-0.2, -0.15) is 0 Å². The summed E-state index contributed by atoms with van der Waals surface area (Å²) in [7, 11) is 0. The molecule has 0 aliphatic carbocycles. The molecular weight excluding hydrogens is 208 g/mol. The first kappa shape index (κ1) is 12.7. The molecule has 0 saturated carbocycles. The smallest absolute Gasteiger partial charge is 0.330 e. The fraction of sp³-hybridized carbons (Fsp3) is 0.636. The zero-order valence-corrected chi connectivity index (χ0v) is 9.44. The first-order chi connectivity index (χ1) is 7.63. The Kier molecular flexibility index (Phi) is 4.98. The number of hydrogen-bond acceptors (Lipinski definition) is 4. The number of esters is 1. The maximum atomic E-state index is 11.3. The lowest BCUT2D eigenvalue weighted by molar-refractivity contribution is -0.137. The topological polar surface area (TPSA) is 81.4 Å². The van der Waals surface area contributed by atoms with Crippen LogP contribution in [0.5, 0.6) is 0 Å². The van der Waals surface area contributed by atoms with E-state index in [2.05, 4.69) is 5.32 Å². The van der Waals surface area contributed by atoms with Crippen LogP contribution in [0.1, 0.15) is 19.8 Å². The number of rotatable bonds is 5. The number of nitrogens with one attached hydrogen (secondary N) is 1. The Morgan fingerprint density at radius 1 is 1.75 bits per heavy atom. The molecule has 90 valence electrons. The number of nitrogens with two attached hydrogens (primary N) is 1. The molecule has 0 bridgehead atoms. The van der Waals surface area contributed by atoms with Gasteiger partial charge in [0.05, 0.1) is 6.61 Å². The monoisotopic (exact) mass is 226 g/mol. The van der Waals surface area contributed by atoms with E-state index in [-0.39, 0.29) is 17.9 Å². The van der Waals surface area contributed by atoms with E-state index in [9.17, 15) is 9.59 Å². The molecule has 0 aromatic rings. The Morgan fingerprint density at radius 2 is 2.50 bits per heavy atom. The van der Waals surface area contributed by atoms with E-state index in [1.165, 1.54) is 6.08 Å². The van der Waals surface area contributed by atoms with Crippen molar-refractivity contribution >= 4 is 11.9 Å². The minimum atomic E-state index is -0.395. The minimum Gasteiger partial charge on any atom is -0.463 e. The van der Waals surface area contributed by atoms with E-state index < -0.39 is 5.97 Å². The van der Waals surface area contributed by atoms with Crippen LogP contribution >= 0.6 is 0 Å². The molecule has 1 aliphatic rings. The molecule has 1 saturated heterocycles. The lowest BCUT2D eigenvalue weighted by atomic mass is 9.99. The summed E-state index contributed by atoms with van der Waals surface area (Å²) in [6.07, 6.45) is 4.30. The molecule has 1 heterocycles. The summed E-state index contributed by atoms with van der Waals surface area (Å²) in [4.78, 5) is 22.3. The zero-order valence-electron chi connectivity index (χ0n) is 9.44. The first-order valence-electron chi connectivity index (χ1n) is 5.51. The molecule has 16 heavy (non-hydrogen) atoms. The van der Waals surface area contributed by atoms with Crippen LogP contribution in [-0.4, -0.2) is 31.1 Å². The van der Waals surface area contributed by atoms with Gasteiger partial charge in [-0.25, -0.2) is 4.79 Å². The Morgan fingerprint density at radius 3 is 3.06 bits per heavy atom. The van der Waals surface area contributed by atoms with E-state index >= 15 is 0 Å². The highest BCUT2D eigenvalue weighted by molar-refractivity contribution is 5.82. The summed E-state index contributed by atoms with van der Waals surface area (Å²) in [6.45, 7) is 2.82. The maximum absolute atomic E-state index is 11.3. The van der Waals surface area contributed by atoms with Crippen molar-refractivity contribution in [3.05, 3.63) is 12.2 Å². The molecular formula is C11H18N2O3. The third-order valence-electron chi connectivity index (χ3n) is 2.49. The summed E-state index contributed by atoms with van der Waals surface area (Å²) in [5.74, 6) is -0.365. The number of hydrogen-bond donors (Lipinski definition) is 2. The van der Waals surface area contributed by atoms with Gasteiger partial charge in [0.2, 0.25) is 5.91 Å². The minimum absolute atomic E-state index is 0.0261. The van der Waals surface area contributed by atoms with Gasteiger partial charge in [-0.05, 0) is 19.8 Å². The second-order valence-corrected chi connectivity index (χ2v) is 3.79. The van der Waals surface area contributed by atoms with Gasteiger partial charge in [0, 0.05) is 24.6 Å². The van der Waals surface area contributed by atoms with E-state index in [1.54, 1.807) is 13.0 Å². The van der Waals surface area contributed by atoms with Crippen molar-refractivity contribution in [3.8, 4) is 0 Å². The second-order valence-electron chi connectivity index (χ2n) is 3.79. The van der Waals surface area contributed by atoms with Gasteiger partial charge in [0.1, 0.15) is 0 Å². The van der Waals surface area contributed by atoms with Crippen molar-refractivity contribution < 1.29 is 14.3 Å². The lowest BCUT2D eigenvalue weighted by Crippen LogP contribution is -2.26. The molecule has 1 fully saturated rings. The van der Waals surface area contributed by atoms with Crippen molar-refractivity contribution in [2.45, 2.75) is 25.8 Å². The summed E-state index contributed by atoms with van der Waals surface area (Å²) in [5, 5.41) is 2.75. The predicted molar refractivity (Wildman–Crippen MR) is 59.5 cm³/mol. The molecule has 2 atom stereocenters. The molecule has 0 aromatic heterocycles. The molecule has 0 radical (unpaired) electrons. The standard InChI is InChI=1S/C11H18N2O3/c1-2-16-10(14)4-3-9(12)7-8-5-6-13-11(8)15/h3-4,8-9H,2,5-7,12H2,1H3,(H,13,15)/t8-,9-/m1/s1. The molecule has 5 nitrogen and oxygen atoms in total. The Bertz CT molecular complexity index is 289. The van der Waals surface area contributed by atoms with Crippen LogP contribution in [0.3, 0.4) is 0 Å². The van der Waals surface area contributed by atoms with Gasteiger partial charge in [0.25, 0.3) is 0 Å². The van der Waals surface area contributed by atoms with Crippen LogP contribution in [0, 0.1) is 5.92 Å². The molecule has 3 N–H and O–H groups in total. The van der Waals surface area contributed by atoms with Crippen molar-refractivity contribution in [1.29, 1.82) is 0 Å². The quantitative estimate of drug-likeness (QED) is 0.509. The van der Waals surface area contributed by atoms with E-state index in [0.717, 1.165) is 13.0 Å². The summed E-state index contributed by atoms with van der Waals surface area (Å²) < 4.78 is 4.72. The van der Waals surface area contributed by atoms with Gasteiger partial charge in [0.15, 0.2) is 0 Å². The van der Waals surface area contributed by atoms with Crippen LogP contribution in [-0.2, 0) is 14.3 Å². The SMILES string of the molecule is CCOC(=O)C=C[C@@H](N)C[C@H]1CCNC1=O. The van der Waals surface area contributed by atoms with Crippen LogP contribution in [0.15, 0.2) is 12.2 Å². The maximum Gasteiger partial charge on any atom is 0.330 e. The second kappa shape index (κ2) is 6.27. The van der Waals surface area contributed by atoms with Gasteiger partial charge in [-0.3, -0.25) is 4.79 Å². The van der Waals surface area contributed by atoms with Crippen molar-refractivity contribution in [1.82, 2.24) is 5.32 Å². The number of ether oxygens (including phenoxy) is 1. The average Bonchev–Trinajstić information content (AvgIpc) is 2.62. The third kappa shape index (κ3) is 4.02. The van der Waals surface area contributed by atoms with Gasteiger partial charge in [-0.15, -0.1) is 0 Å². The Labute approximate surface area is 95.0 Å². The Balaban J connectivity index is 2.32. The number of carbonyl (C=O) groups excluding carboxylic acids is 2. The van der Waals surface area contributed by atoms with Gasteiger partial charge < -0.3 is 15.8 Å². The number of carbonyl (C=O) groups is 2. The average molecular weight is 226 g/mol. The van der Waals surface area contributed by atoms with E-state index in [4.69, 9.17) is 10.5 Å². The molecule has 0 spiro atoms. The molecule has 1 amide bonds. The fourth-order valence-corrected chi connectivity index (χ4v) is 1.67.